The van der Waals surface area contributed by atoms with Gasteiger partial charge in [-0.2, -0.15) is 0 Å². The summed E-state index contributed by atoms with van der Waals surface area (Å²) in [7, 11) is 0. The molecule has 3 rings (SSSR count). The molecule has 0 atom stereocenters. The second-order valence-electron chi connectivity index (χ2n) is 5.05. The Balaban J connectivity index is 2.03. The van der Waals surface area contributed by atoms with Crippen LogP contribution in [-0.4, -0.2) is 16.4 Å². The van der Waals surface area contributed by atoms with Crippen molar-refractivity contribution in [3.05, 3.63) is 65.9 Å². The smallest absolute Gasteiger partial charge is 0.257 e. The van der Waals surface area contributed by atoms with E-state index >= 15 is 0 Å². The standard InChI is InChI=1S/C17H12F2N2O2/c1-10(22)21-9-15(14-7-4-12(19)8-16(14)21)17(23)20-13-5-2-11(18)3-6-13/h2-9H,1H3,(H,20,23). The molecule has 0 saturated carbocycles. The zero-order chi connectivity index (χ0) is 16.6. The molecular weight excluding hydrogens is 302 g/mol. The van der Waals surface area contributed by atoms with E-state index in [-0.39, 0.29) is 11.5 Å². The van der Waals surface area contributed by atoms with E-state index in [9.17, 15) is 18.4 Å². The summed E-state index contributed by atoms with van der Waals surface area (Å²) in [5.41, 5.74) is 0.975. The zero-order valence-corrected chi connectivity index (χ0v) is 12.1. The third kappa shape index (κ3) is 2.83. The number of aromatic nitrogens is 1. The van der Waals surface area contributed by atoms with Crippen LogP contribution in [0.15, 0.2) is 48.7 Å². The lowest BCUT2D eigenvalue weighted by Gasteiger charge is -2.04. The van der Waals surface area contributed by atoms with Crippen LogP contribution in [0.2, 0.25) is 0 Å². The first-order valence-corrected chi connectivity index (χ1v) is 6.84. The van der Waals surface area contributed by atoms with E-state index in [4.69, 9.17) is 0 Å². The van der Waals surface area contributed by atoms with Crippen molar-refractivity contribution in [3.8, 4) is 0 Å². The van der Waals surface area contributed by atoms with Crippen molar-refractivity contribution in [2.45, 2.75) is 6.92 Å². The van der Waals surface area contributed by atoms with Gasteiger partial charge in [-0.05, 0) is 42.5 Å². The van der Waals surface area contributed by atoms with Gasteiger partial charge in [0.25, 0.3) is 5.91 Å². The number of amides is 1. The van der Waals surface area contributed by atoms with Crippen LogP contribution in [0.25, 0.3) is 10.9 Å². The Kier molecular flexibility index (Phi) is 3.65. The van der Waals surface area contributed by atoms with Gasteiger partial charge in [0, 0.05) is 24.2 Å². The van der Waals surface area contributed by atoms with Crippen molar-refractivity contribution in [1.29, 1.82) is 0 Å². The molecule has 116 valence electrons. The number of nitrogens with zero attached hydrogens (tertiary/aromatic N) is 1. The molecule has 0 aliphatic rings. The van der Waals surface area contributed by atoms with Crippen LogP contribution >= 0.6 is 0 Å². The van der Waals surface area contributed by atoms with Gasteiger partial charge in [-0.15, -0.1) is 0 Å². The number of halogens is 2. The van der Waals surface area contributed by atoms with Crippen LogP contribution < -0.4 is 5.32 Å². The van der Waals surface area contributed by atoms with Crippen molar-refractivity contribution in [2.75, 3.05) is 5.32 Å². The molecule has 1 N–H and O–H groups in total. The minimum absolute atomic E-state index is 0.236. The van der Waals surface area contributed by atoms with Gasteiger partial charge in [0.15, 0.2) is 0 Å². The number of carbonyl (C=O) groups is 2. The SMILES string of the molecule is CC(=O)n1cc(C(=O)Nc2ccc(F)cc2)c2ccc(F)cc21. The lowest BCUT2D eigenvalue weighted by Crippen LogP contribution is -2.11. The highest BCUT2D eigenvalue weighted by Crippen LogP contribution is 2.23. The Labute approximate surface area is 130 Å². The fourth-order valence-corrected chi connectivity index (χ4v) is 2.37. The Morgan fingerprint density at radius 1 is 1.00 bits per heavy atom. The van der Waals surface area contributed by atoms with E-state index in [0.717, 1.165) is 0 Å². The molecule has 0 aliphatic heterocycles. The van der Waals surface area contributed by atoms with Gasteiger partial charge >= 0.3 is 0 Å². The highest BCUT2D eigenvalue weighted by atomic mass is 19.1. The van der Waals surface area contributed by atoms with Gasteiger partial charge in [-0.25, -0.2) is 8.78 Å². The van der Waals surface area contributed by atoms with E-state index in [0.29, 0.717) is 16.6 Å². The van der Waals surface area contributed by atoms with Gasteiger partial charge in [0.1, 0.15) is 11.6 Å². The third-order valence-corrected chi connectivity index (χ3v) is 3.45. The van der Waals surface area contributed by atoms with Gasteiger partial charge in [-0.3, -0.25) is 14.2 Å². The number of hydrogen-bond donors (Lipinski definition) is 1. The minimum atomic E-state index is -0.497. The summed E-state index contributed by atoms with van der Waals surface area (Å²) >= 11 is 0. The molecule has 0 saturated heterocycles. The second-order valence-corrected chi connectivity index (χ2v) is 5.05. The number of rotatable bonds is 2. The van der Waals surface area contributed by atoms with Crippen molar-refractivity contribution in [1.82, 2.24) is 4.57 Å². The first-order chi connectivity index (χ1) is 11.0. The largest absolute Gasteiger partial charge is 0.322 e. The molecule has 3 aromatic rings. The van der Waals surface area contributed by atoms with E-state index in [1.54, 1.807) is 0 Å². The summed E-state index contributed by atoms with van der Waals surface area (Å²) in [5, 5.41) is 3.08. The molecule has 4 nitrogen and oxygen atoms in total. The number of fused-ring (bicyclic) bond motifs is 1. The molecule has 0 unspecified atom stereocenters. The molecule has 0 bridgehead atoms. The fourth-order valence-electron chi connectivity index (χ4n) is 2.37. The van der Waals surface area contributed by atoms with Gasteiger partial charge < -0.3 is 5.32 Å². The van der Waals surface area contributed by atoms with Crippen molar-refractivity contribution in [3.63, 3.8) is 0 Å². The molecule has 1 heterocycles. The Morgan fingerprint density at radius 2 is 1.65 bits per heavy atom. The Morgan fingerprint density at radius 3 is 2.30 bits per heavy atom. The molecule has 0 spiro atoms. The van der Waals surface area contributed by atoms with Gasteiger partial charge in [-0.1, -0.05) is 0 Å². The average Bonchev–Trinajstić information content (AvgIpc) is 2.88. The highest BCUT2D eigenvalue weighted by Gasteiger charge is 2.17. The summed E-state index contributed by atoms with van der Waals surface area (Å²) < 4.78 is 27.5. The van der Waals surface area contributed by atoms with Crippen LogP contribution in [0, 0.1) is 11.6 Å². The number of anilines is 1. The molecule has 6 heteroatoms. The number of nitrogens with one attached hydrogen (secondary N) is 1. The Bertz CT molecular complexity index is 914. The zero-order valence-electron chi connectivity index (χ0n) is 12.1. The number of carbonyl (C=O) groups excluding carboxylic acids is 2. The van der Waals surface area contributed by atoms with E-state index in [1.807, 2.05) is 0 Å². The average molecular weight is 314 g/mol. The normalized spacial score (nSPS) is 10.7. The van der Waals surface area contributed by atoms with Crippen LogP contribution in [0.1, 0.15) is 22.1 Å². The maximum atomic E-state index is 13.4. The molecule has 0 radical (unpaired) electrons. The lowest BCUT2D eigenvalue weighted by atomic mass is 10.1. The first kappa shape index (κ1) is 14.9. The number of hydrogen-bond acceptors (Lipinski definition) is 2. The van der Waals surface area contributed by atoms with Crippen LogP contribution in [0.3, 0.4) is 0 Å². The number of benzene rings is 2. The maximum absolute atomic E-state index is 13.4. The maximum Gasteiger partial charge on any atom is 0.257 e. The minimum Gasteiger partial charge on any atom is -0.322 e. The van der Waals surface area contributed by atoms with Gasteiger partial charge in [0.05, 0.1) is 11.1 Å². The highest BCUT2D eigenvalue weighted by molar-refractivity contribution is 6.14. The van der Waals surface area contributed by atoms with Crippen LogP contribution in [-0.2, 0) is 0 Å². The van der Waals surface area contributed by atoms with E-state index in [2.05, 4.69) is 5.32 Å². The summed E-state index contributed by atoms with van der Waals surface area (Å²) in [4.78, 5) is 24.1. The van der Waals surface area contributed by atoms with Crippen molar-refractivity contribution in [2.24, 2.45) is 0 Å². The Hall–Kier alpha value is -3.02. The fraction of sp³-hybridized carbons (Fsp3) is 0.0588. The van der Waals surface area contributed by atoms with Gasteiger partial charge in [0.2, 0.25) is 5.91 Å². The predicted molar refractivity (Wildman–Crippen MR) is 82.5 cm³/mol. The van der Waals surface area contributed by atoms with Crippen molar-refractivity contribution >= 4 is 28.4 Å². The molecule has 2 aromatic carbocycles. The molecule has 0 fully saturated rings. The monoisotopic (exact) mass is 314 g/mol. The third-order valence-electron chi connectivity index (χ3n) is 3.45. The topological polar surface area (TPSA) is 51.1 Å². The molecule has 23 heavy (non-hydrogen) atoms. The van der Waals surface area contributed by atoms with Crippen molar-refractivity contribution < 1.29 is 18.4 Å². The molecule has 1 amide bonds. The second kappa shape index (κ2) is 5.64. The van der Waals surface area contributed by atoms with Crippen LogP contribution in [0.4, 0.5) is 14.5 Å². The summed E-state index contributed by atoms with van der Waals surface area (Å²) in [5.74, 6) is -1.70. The molecule has 0 aliphatic carbocycles. The summed E-state index contributed by atoms with van der Waals surface area (Å²) in [6.07, 6.45) is 1.37. The predicted octanol–water partition coefficient (Wildman–Crippen LogP) is 3.83. The summed E-state index contributed by atoms with van der Waals surface area (Å²) in [6.45, 7) is 1.33. The quantitative estimate of drug-likeness (QED) is 0.781. The molecule has 1 aromatic heterocycles. The lowest BCUT2D eigenvalue weighted by molar-refractivity contribution is 0.0941. The van der Waals surface area contributed by atoms with E-state index < -0.39 is 17.5 Å². The first-order valence-electron chi connectivity index (χ1n) is 6.84. The van der Waals surface area contributed by atoms with Crippen LogP contribution in [0.5, 0.6) is 0 Å². The molecular formula is C17H12F2N2O2. The van der Waals surface area contributed by atoms with E-state index in [1.165, 1.54) is 60.2 Å². The summed E-state index contributed by atoms with van der Waals surface area (Å²) in [6, 6.07) is 9.18.